The molecule has 0 unspecified atom stereocenters. The molecule has 4 rings (SSSR count). The van der Waals surface area contributed by atoms with Crippen molar-refractivity contribution in [3.05, 3.63) is 60.7 Å². The molecular weight excluding hydrogens is 352 g/mol. The maximum Gasteiger partial charge on any atom is 0.331 e. The number of hydrogen-bond donors (Lipinski definition) is 4. The predicted octanol–water partition coefficient (Wildman–Crippen LogP) is 2.02. The predicted molar refractivity (Wildman–Crippen MR) is 96.8 cm³/mol. The lowest BCUT2D eigenvalue weighted by Crippen LogP contribution is -2.04. The number of nitrogens with zero attached hydrogens (tertiary/aromatic N) is 4. The Hall–Kier alpha value is -4.08. The summed E-state index contributed by atoms with van der Waals surface area (Å²) >= 11 is 0. The van der Waals surface area contributed by atoms with Gasteiger partial charge in [0.25, 0.3) is 0 Å². The number of carboxylic acids is 2. The molecule has 4 aromatic rings. The van der Waals surface area contributed by atoms with Crippen molar-refractivity contribution in [3.63, 3.8) is 0 Å². The fourth-order valence-electron chi connectivity index (χ4n) is 1.83. The number of para-hydroxylation sites is 4. The summed E-state index contributed by atoms with van der Waals surface area (Å²) in [5.41, 5.74) is 3.35. The lowest BCUT2D eigenvalue weighted by molar-refractivity contribution is -0.139. The Labute approximate surface area is 152 Å². The van der Waals surface area contributed by atoms with E-state index in [1.807, 2.05) is 48.5 Å². The number of aliphatic carboxylic acids is 2. The topological polar surface area (TPSA) is 158 Å². The van der Waals surface area contributed by atoms with Crippen LogP contribution in [0.3, 0.4) is 0 Å². The minimum absolute atomic E-state index is 0.303. The van der Waals surface area contributed by atoms with Crippen LogP contribution in [0.2, 0.25) is 0 Å². The molecule has 0 aliphatic carbocycles. The summed E-state index contributed by atoms with van der Waals surface area (Å²) in [7, 11) is 0. The molecular formula is C17H16N6O4. The number of carbonyl (C=O) groups is 2. The molecule has 2 aromatic carbocycles. The van der Waals surface area contributed by atoms with Crippen LogP contribution in [0.5, 0.6) is 0 Å². The molecule has 138 valence electrons. The fourth-order valence-corrected chi connectivity index (χ4v) is 1.83. The van der Waals surface area contributed by atoms with E-state index in [9.17, 15) is 9.59 Å². The van der Waals surface area contributed by atoms with E-state index in [0.717, 1.165) is 22.1 Å². The van der Waals surface area contributed by atoms with Gasteiger partial charge in [0.1, 0.15) is 22.1 Å². The molecule has 10 nitrogen and oxygen atoms in total. The van der Waals surface area contributed by atoms with Gasteiger partial charge in [0.05, 0.1) is 6.42 Å². The number of fused-ring (bicyclic) bond motifs is 2. The van der Waals surface area contributed by atoms with Gasteiger partial charge in [-0.2, -0.15) is 30.8 Å². The van der Waals surface area contributed by atoms with Crippen molar-refractivity contribution < 1.29 is 19.8 Å². The highest BCUT2D eigenvalue weighted by Crippen LogP contribution is 2.04. The smallest absolute Gasteiger partial charge is 0.331 e. The van der Waals surface area contributed by atoms with Gasteiger partial charge >= 0.3 is 11.9 Å². The normalized spacial score (nSPS) is 9.63. The lowest BCUT2D eigenvalue weighted by Gasteiger charge is -1.91. The van der Waals surface area contributed by atoms with Gasteiger partial charge in [0, 0.05) is 5.57 Å². The summed E-state index contributed by atoms with van der Waals surface area (Å²) in [5.74, 6) is -2.44. The Morgan fingerprint density at radius 3 is 1.33 bits per heavy atom. The van der Waals surface area contributed by atoms with Crippen LogP contribution in [0.25, 0.3) is 22.1 Å². The van der Waals surface area contributed by atoms with Crippen molar-refractivity contribution in [1.29, 1.82) is 0 Å². The van der Waals surface area contributed by atoms with Crippen molar-refractivity contribution in [2.75, 3.05) is 0 Å². The quantitative estimate of drug-likeness (QED) is 0.400. The summed E-state index contributed by atoms with van der Waals surface area (Å²) in [6.07, 6.45) is -0.505. The van der Waals surface area contributed by atoms with Crippen LogP contribution in [-0.4, -0.2) is 53.0 Å². The molecule has 27 heavy (non-hydrogen) atoms. The largest absolute Gasteiger partial charge is 0.481 e. The van der Waals surface area contributed by atoms with Gasteiger partial charge in [0.15, 0.2) is 0 Å². The lowest BCUT2D eigenvalue weighted by atomic mass is 10.2. The van der Waals surface area contributed by atoms with Gasteiger partial charge in [0.2, 0.25) is 0 Å². The van der Waals surface area contributed by atoms with Crippen LogP contribution >= 0.6 is 0 Å². The van der Waals surface area contributed by atoms with E-state index in [-0.39, 0.29) is 5.57 Å². The first-order chi connectivity index (χ1) is 13.0. The Kier molecular flexibility index (Phi) is 6.71. The zero-order valence-electron chi connectivity index (χ0n) is 14.0. The third-order valence-corrected chi connectivity index (χ3v) is 3.11. The second-order valence-corrected chi connectivity index (χ2v) is 5.10. The van der Waals surface area contributed by atoms with Crippen LogP contribution in [-0.2, 0) is 9.59 Å². The zero-order valence-corrected chi connectivity index (χ0v) is 14.0. The van der Waals surface area contributed by atoms with E-state index in [1.54, 1.807) is 0 Å². The highest BCUT2D eigenvalue weighted by molar-refractivity contribution is 5.91. The average molecular weight is 368 g/mol. The van der Waals surface area contributed by atoms with E-state index < -0.39 is 18.4 Å². The summed E-state index contributed by atoms with van der Waals surface area (Å²) in [6, 6.07) is 15.4. The number of benzene rings is 2. The van der Waals surface area contributed by atoms with Gasteiger partial charge in [-0.15, -0.1) is 0 Å². The van der Waals surface area contributed by atoms with Crippen LogP contribution < -0.4 is 0 Å². The number of H-pyrrole nitrogens is 2. The fraction of sp³-hybridized carbons (Fsp3) is 0.0588. The number of carboxylic acid groups (broad SMARTS) is 2. The van der Waals surface area contributed by atoms with Crippen molar-refractivity contribution in [3.8, 4) is 0 Å². The molecule has 0 fully saturated rings. The number of hydrogen-bond acceptors (Lipinski definition) is 6. The van der Waals surface area contributed by atoms with Gasteiger partial charge in [-0.3, -0.25) is 4.79 Å². The summed E-state index contributed by atoms with van der Waals surface area (Å²) in [6.45, 7) is 3.01. The number of aromatic nitrogens is 6. The Morgan fingerprint density at radius 2 is 1.11 bits per heavy atom. The first-order valence-corrected chi connectivity index (χ1v) is 7.61. The Morgan fingerprint density at radius 1 is 0.778 bits per heavy atom. The Balaban J connectivity index is 0.000000145. The summed E-state index contributed by atoms with van der Waals surface area (Å²) < 4.78 is 0. The first-order valence-electron chi connectivity index (χ1n) is 7.61. The van der Waals surface area contributed by atoms with Crippen molar-refractivity contribution >= 4 is 34.0 Å². The highest BCUT2D eigenvalue weighted by Gasteiger charge is 2.07. The van der Waals surface area contributed by atoms with E-state index in [0.29, 0.717) is 0 Å². The van der Waals surface area contributed by atoms with Gasteiger partial charge in [-0.1, -0.05) is 30.8 Å². The molecule has 0 spiro atoms. The molecule has 10 heteroatoms. The van der Waals surface area contributed by atoms with Crippen LogP contribution in [0.1, 0.15) is 6.42 Å². The second kappa shape index (κ2) is 9.42. The molecule has 0 aliphatic heterocycles. The molecule has 0 amide bonds. The van der Waals surface area contributed by atoms with Gasteiger partial charge < -0.3 is 10.2 Å². The maximum atomic E-state index is 9.87. The molecule has 0 saturated heterocycles. The molecule has 0 bridgehead atoms. The van der Waals surface area contributed by atoms with E-state index in [2.05, 4.69) is 37.4 Å². The third kappa shape index (κ3) is 6.05. The van der Waals surface area contributed by atoms with E-state index in [4.69, 9.17) is 10.2 Å². The number of rotatable bonds is 3. The van der Waals surface area contributed by atoms with E-state index >= 15 is 0 Å². The number of nitrogens with one attached hydrogen (secondary N) is 2. The van der Waals surface area contributed by atoms with Gasteiger partial charge in [-0.25, -0.2) is 4.79 Å². The van der Waals surface area contributed by atoms with Crippen LogP contribution in [0, 0.1) is 0 Å². The second-order valence-electron chi connectivity index (χ2n) is 5.10. The highest BCUT2D eigenvalue weighted by atomic mass is 16.4. The Bertz CT molecular complexity index is 929. The molecule has 0 saturated carbocycles. The molecule has 0 aliphatic rings. The SMILES string of the molecule is C=C(CC(=O)O)C(=O)O.c1ccc2n[nH]nc2c1.c1ccc2n[nH]nc2c1. The van der Waals surface area contributed by atoms with Crippen molar-refractivity contribution in [2.45, 2.75) is 6.42 Å². The zero-order chi connectivity index (χ0) is 19.6. The molecule has 4 N–H and O–H groups in total. The molecule has 0 atom stereocenters. The van der Waals surface area contributed by atoms with Crippen LogP contribution in [0.4, 0.5) is 0 Å². The maximum absolute atomic E-state index is 9.87. The summed E-state index contributed by atoms with van der Waals surface area (Å²) in [4.78, 5) is 19.7. The van der Waals surface area contributed by atoms with Crippen molar-refractivity contribution in [2.24, 2.45) is 0 Å². The van der Waals surface area contributed by atoms with Crippen molar-refractivity contribution in [1.82, 2.24) is 30.8 Å². The molecule has 2 heterocycles. The molecule has 0 radical (unpaired) electrons. The van der Waals surface area contributed by atoms with Gasteiger partial charge in [-0.05, 0) is 24.3 Å². The van der Waals surface area contributed by atoms with Crippen LogP contribution in [0.15, 0.2) is 60.7 Å². The minimum atomic E-state index is -1.27. The number of aromatic amines is 2. The standard InChI is InChI=1S/2C6H5N3.C5H6O4/c2*1-2-4-6-5(3-1)7-9-8-6;1-3(5(8)9)2-4(6)7/h2*1-4H,(H,7,8,9);1-2H2,(H,6,7)(H,8,9). The molecule has 2 aromatic heterocycles. The van der Waals surface area contributed by atoms with E-state index in [1.165, 1.54) is 0 Å². The third-order valence-electron chi connectivity index (χ3n) is 3.11. The summed E-state index contributed by atoms with van der Waals surface area (Å²) in [5, 5.41) is 36.7. The monoisotopic (exact) mass is 368 g/mol. The first kappa shape index (κ1) is 19.2. The average Bonchev–Trinajstić information content (AvgIpc) is 3.31. The minimum Gasteiger partial charge on any atom is -0.481 e.